The van der Waals surface area contributed by atoms with Crippen LogP contribution in [0, 0.1) is 6.92 Å². The number of carbonyl (C=O) groups excluding carboxylic acids is 1. The zero-order valence-corrected chi connectivity index (χ0v) is 15.3. The van der Waals surface area contributed by atoms with Gasteiger partial charge in [-0.3, -0.25) is 4.79 Å². The second-order valence-corrected chi connectivity index (χ2v) is 6.46. The minimum Gasteiger partial charge on any atom is -0.340 e. The molecule has 0 unspecified atom stereocenters. The minimum atomic E-state index is -0.0518. The van der Waals surface area contributed by atoms with Gasteiger partial charge in [-0.25, -0.2) is 9.97 Å². The van der Waals surface area contributed by atoms with Crippen LogP contribution in [0.15, 0.2) is 30.6 Å². The van der Waals surface area contributed by atoms with Crippen molar-refractivity contribution in [2.75, 3.05) is 38.0 Å². The van der Waals surface area contributed by atoms with Crippen molar-refractivity contribution in [2.24, 2.45) is 0 Å². The number of hydrogen-bond acceptors (Lipinski definition) is 5. The number of anilines is 2. The molecule has 1 saturated heterocycles. The van der Waals surface area contributed by atoms with E-state index in [4.69, 9.17) is 11.6 Å². The molecule has 2 aromatic rings. The smallest absolute Gasteiger partial charge is 0.272 e. The topological polar surface area (TPSA) is 61.4 Å². The van der Waals surface area contributed by atoms with Gasteiger partial charge >= 0.3 is 0 Å². The van der Waals surface area contributed by atoms with Gasteiger partial charge in [-0.05, 0) is 31.2 Å². The fraction of sp³-hybridized carbons (Fsp3) is 0.389. The van der Waals surface area contributed by atoms with Crippen LogP contribution in [0.3, 0.4) is 0 Å². The van der Waals surface area contributed by atoms with Crippen LogP contribution in [0.2, 0.25) is 5.02 Å². The minimum absolute atomic E-state index is 0.0518. The van der Waals surface area contributed by atoms with Crippen LogP contribution in [-0.4, -0.2) is 58.4 Å². The van der Waals surface area contributed by atoms with E-state index in [2.05, 4.69) is 27.1 Å². The summed E-state index contributed by atoms with van der Waals surface area (Å²) < 4.78 is 0. The summed E-state index contributed by atoms with van der Waals surface area (Å²) in [6.07, 6.45) is 1.41. The van der Waals surface area contributed by atoms with Crippen LogP contribution in [0.5, 0.6) is 0 Å². The van der Waals surface area contributed by atoms with Crippen molar-refractivity contribution in [1.29, 1.82) is 0 Å². The van der Waals surface area contributed by atoms with Gasteiger partial charge in [0.15, 0.2) is 0 Å². The van der Waals surface area contributed by atoms with E-state index in [-0.39, 0.29) is 5.91 Å². The maximum Gasteiger partial charge on any atom is 0.272 e. The number of amides is 1. The van der Waals surface area contributed by atoms with E-state index in [0.29, 0.717) is 16.5 Å². The second kappa shape index (κ2) is 7.80. The van der Waals surface area contributed by atoms with Gasteiger partial charge in [-0.15, -0.1) is 0 Å². The molecule has 1 aliphatic heterocycles. The Balaban J connectivity index is 1.73. The highest BCUT2D eigenvalue weighted by Crippen LogP contribution is 2.25. The van der Waals surface area contributed by atoms with E-state index >= 15 is 0 Å². The second-order valence-electron chi connectivity index (χ2n) is 6.05. The van der Waals surface area contributed by atoms with E-state index in [1.165, 1.54) is 6.33 Å². The summed E-state index contributed by atoms with van der Waals surface area (Å²) >= 11 is 6.15. The third kappa shape index (κ3) is 4.08. The largest absolute Gasteiger partial charge is 0.340 e. The molecule has 1 N–H and O–H groups in total. The van der Waals surface area contributed by atoms with Crippen molar-refractivity contribution in [3.8, 4) is 0 Å². The highest BCUT2D eigenvalue weighted by atomic mass is 35.5. The van der Waals surface area contributed by atoms with Gasteiger partial charge in [0.25, 0.3) is 5.91 Å². The number of nitrogens with one attached hydrogen (secondary N) is 1. The first-order valence-corrected chi connectivity index (χ1v) is 8.82. The van der Waals surface area contributed by atoms with Gasteiger partial charge in [0, 0.05) is 43.0 Å². The normalized spacial score (nSPS) is 15.2. The van der Waals surface area contributed by atoms with E-state index in [1.807, 2.05) is 30.0 Å². The number of nitrogens with zero attached hydrogens (tertiary/aromatic N) is 4. The Bertz CT molecular complexity index is 759. The lowest BCUT2D eigenvalue weighted by Gasteiger charge is -2.33. The molecule has 1 amide bonds. The third-order valence-electron chi connectivity index (χ3n) is 4.52. The first kappa shape index (κ1) is 17.6. The average molecular weight is 360 g/mol. The van der Waals surface area contributed by atoms with Crippen molar-refractivity contribution in [3.63, 3.8) is 0 Å². The average Bonchev–Trinajstić information content (AvgIpc) is 2.65. The van der Waals surface area contributed by atoms with E-state index in [1.54, 1.807) is 6.07 Å². The molecule has 0 spiro atoms. The van der Waals surface area contributed by atoms with E-state index in [9.17, 15) is 4.79 Å². The van der Waals surface area contributed by atoms with Gasteiger partial charge in [0.05, 0.1) is 0 Å². The molecule has 2 heterocycles. The van der Waals surface area contributed by atoms with Crippen molar-refractivity contribution in [1.82, 2.24) is 19.8 Å². The molecule has 0 radical (unpaired) electrons. The standard InChI is InChI=1S/C18H22ClN5O/c1-3-23-7-9-24(10-8-23)18(25)16-11-17(21-12-20-16)22-15-6-4-5-14(19)13(15)2/h4-6,11-12H,3,7-10H2,1-2H3,(H,20,21,22). The molecule has 0 bridgehead atoms. The first-order valence-electron chi connectivity index (χ1n) is 8.44. The SMILES string of the molecule is CCN1CCN(C(=O)c2cc(Nc3cccc(Cl)c3C)ncn2)CC1. The van der Waals surface area contributed by atoms with Crippen LogP contribution >= 0.6 is 11.6 Å². The predicted molar refractivity (Wildman–Crippen MR) is 99.5 cm³/mol. The number of benzene rings is 1. The fourth-order valence-corrected chi connectivity index (χ4v) is 3.03. The van der Waals surface area contributed by atoms with Crippen molar-refractivity contribution < 1.29 is 4.79 Å². The van der Waals surface area contributed by atoms with Crippen LogP contribution in [0.4, 0.5) is 11.5 Å². The molecule has 0 aliphatic carbocycles. The summed E-state index contributed by atoms with van der Waals surface area (Å²) in [5.41, 5.74) is 2.20. The molecule has 3 rings (SSSR count). The van der Waals surface area contributed by atoms with Crippen molar-refractivity contribution in [3.05, 3.63) is 46.9 Å². The lowest BCUT2D eigenvalue weighted by molar-refractivity contribution is 0.0637. The van der Waals surface area contributed by atoms with Crippen LogP contribution in [-0.2, 0) is 0 Å². The number of hydrogen-bond donors (Lipinski definition) is 1. The van der Waals surface area contributed by atoms with Crippen LogP contribution < -0.4 is 5.32 Å². The zero-order valence-electron chi connectivity index (χ0n) is 14.5. The monoisotopic (exact) mass is 359 g/mol. The molecule has 132 valence electrons. The zero-order chi connectivity index (χ0) is 17.8. The molecule has 6 nitrogen and oxygen atoms in total. The molecule has 0 atom stereocenters. The number of rotatable bonds is 4. The molecule has 25 heavy (non-hydrogen) atoms. The molecule has 1 aromatic carbocycles. The third-order valence-corrected chi connectivity index (χ3v) is 4.93. The number of piperazine rings is 1. The van der Waals surface area contributed by atoms with Gasteiger partial charge in [0.1, 0.15) is 17.8 Å². The maximum absolute atomic E-state index is 12.7. The molecule has 1 aliphatic rings. The molecule has 1 aromatic heterocycles. The lowest BCUT2D eigenvalue weighted by Crippen LogP contribution is -2.48. The summed E-state index contributed by atoms with van der Waals surface area (Å²) in [5, 5.41) is 3.90. The van der Waals surface area contributed by atoms with Gasteiger partial charge in [0.2, 0.25) is 0 Å². The van der Waals surface area contributed by atoms with Crippen LogP contribution in [0.25, 0.3) is 0 Å². The van der Waals surface area contributed by atoms with Gasteiger partial charge in [-0.1, -0.05) is 24.6 Å². The van der Waals surface area contributed by atoms with E-state index in [0.717, 1.165) is 44.0 Å². The molecule has 0 saturated carbocycles. The number of aromatic nitrogens is 2. The Morgan fingerprint density at radius 1 is 1.24 bits per heavy atom. The molecule has 1 fully saturated rings. The molecular weight excluding hydrogens is 338 g/mol. The number of carbonyl (C=O) groups is 1. The Hall–Kier alpha value is -2.18. The molecular formula is C18H22ClN5O. The van der Waals surface area contributed by atoms with Crippen LogP contribution in [0.1, 0.15) is 23.0 Å². The quantitative estimate of drug-likeness (QED) is 0.909. The summed E-state index contributed by atoms with van der Waals surface area (Å²) in [5.74, 6) is 0.528. The summed E-state index contributed by atoms with van der Waals surface area (Å²) in [4.78, 5) is 25.2. The predicted octanol–water partition coefficient (Wildman–Crippen LogP) is 2.96. The highest BCUT2D eigenvalue weighted by molar-refractivity contribution is 6.31. The Morgan fingerprint density at radius 3 is 2.72 bits per heavy atom. The highest BCUT2D eigenvalue weighted by Gasteiger charge is 2.22. The fourth-order valence-electron chi connectivity index (χ4n) is 2.85. The summed E-state index contributed by atoms with van der Waals surface area (Å²) in [7, 11) is 0. The Labute approximate surface area is 152 Å². The number of halogens is 1. The van der Waals surface area contributed by atoms with E-state index < -0.39 is 0 Å². The van der Waals surface area contributed by atoms with Gasteiger partial charge in [-0.2, -0.15) is 0 Å². The maximum atomic E-state index is 12.7. The van der Waals surface area contributed by atoms with Gasteiger partial charge < -0.3 is 15.1 Å². The molecule has 7 heteroatoms. The summed E-state index contributed by atoms with van der Waals surface area (Å²) in [6.45, 7) is 8.35. The van der Waals surface area contributed by atoms with Crippen molar-refractivity contribution >= 4 is 29.0 Å². The van der Waals surface area contributed by atoms with Crippen molar-refractivity contribution in [2.45, 2.75) is 13.8 Å². The Kier molecular flexibility index (Phi) is 5.50. The number of likely N-dealkylation sites (N-methyl/N-ethyl adjacent to an activating group) is 1. The first-order chi connectivity index (χ1) is 12.1. The Morgan fingerprint density at radius 2 is 2.00 bits per heavy atom. The summed E-state index contributed by atoms with van der Waals surface area (Å²) in [6, 6.07) is 7.33. The lowest BCUT2D eigenvalue weighted by atomic mass is 10.2.